The molecule has 4 rings (SSSR count). The molecule has 1 aromatic heterocycles. The molecule has 0 radical (unpaired) electrons. The standard InChI is InChI=1S/C22H23FN4O4S/c1-14-20(22(29)27(25-14)18-8-2-15(23)3-9-18)12-13-21(28)24-16-6-10-19(11-7-16)32(30,31)26-17-4-5-17/h2-3,6-11,17,25-26H,4-5,12-13H2,1H3,(H,24,28). The molecule has 0 unspecified atom stereocenters. The van der Waals surface area contributed by atoms with Gasteiger partial charge in [0.2, 0.25) is 15.9 Å². The summed E-state index contributed by atoms with van der Waals surface area (Å²) in [6, 6.07) is 11.5. The Labute approximate surface area is 184 Å². The lowest BCUT2D eigenvalue weighted by Crippen LogP contribution is -2.25. The minimum absolute atomic E-state index is 0.0175. The molecule has 1 aliphatic rings. The minimum atomic E-state index is -3.55. The molecule has 0 atom stereocenters. The third-order valence-corrected chi connectivity index (χ3v) is 6.76. The summed E-state index contributed by atoms with van der Waals surface area (Å²) in [4.78, 5) is 25.2. The zero-order valence-electron chi connectivity index (χ0n) is 17.4. The second-order valence-corrected chi connectivity index (χ2v) is 9.51. The van der Waals surface area contributed by atoms with Gasteiger partial charge in [-0.05, 0) is 74.7 Å². The summed E-state index contributed by atoms with van der Waals surface area (Å²) < 4.78 is 41.5. The van der Waals surface area contributed by atoms with Crippen LogP contribution < -0.4 is 15.6 Å². The van der Waals surface area contributed by atoms with Gasteiger partial charge in [-0.2, -0.15) is 0 Å². The third-order valence-electron chi connectivity index (χ3n) is 5.23. The highest BCUT2D eigenvalue weighted by Crippen LogP contribution is 2.23. The van der Waals surface area contributed by atoms with E-state index in [0.717, 1.165) is 12.8 Å². The molecule has 2 aromatic carbocycles. The van der Waals surface area contributed by atoms with Crippen molar-refractivity contribution in [3.05, 3.63) is 76.0 Å². The molecule has 1 aliphatic carbocycles. The van der Waals surface area contributed by atoms with Crippen LogP contribution in [0.2, 0.25) is 0 Å². The third kappa shape index (κ3) is 4.97. The number of aromatic amines is 1. The molecule has 1 amide bonds. The number of benzene rings is 2. The number of carbonyl (C=O) groups excluding carboxylic acids is 1. The van der Waals surface area contributed by atoms with E-state index in [1.54, 1.807) is 6.92 Å². The molecular weight excluding hydrogens is 435 g/mol. The zero-order chi connectivity index (χ0) is 22.9. The molecule has 32 heavy (non-hydrogen) atoms. The lowest BCUT2D eigenvalue weighted by Gasteiger charge is -2.08. The van der Waals surface area contributed by atoms with Gasteiger partial charge in [0.05, 0.1) is 10.6 Å². The Balaban J connectivity index is 1.38. The quantitative estimate of drug-likeness (QED) is 0.482. The van der Waals surface area contributed by atoms with Crippen molar-refractivity contribution in [1.82, 2.24) is 14.5 Å². The maximum absolute atomic E-state index is 13.1. The molecule has 8 nitrogen and oxygen atoms in total. The number of nitrogens with zero attached hydrogens (tertiary/aromatic N) is 1. The summed E-state index contributed by atoms with van der Waals surface area (Å²) in [5, 5.41) is 5.66. The molecule has 0 bridgehead atoms. The van der Waals surface area contributed by atoms with Crippen LogP contribution in [0.3, 0.4) is 0 Å². The van der Waals surface area contributed by atoms with E-state index in [9.17, 15) is 22.4 Å². The first-order valence-electron chi connectivity index (χ1n) is 10.2. The molecule has 0 spiro atoms. The number of aromatic nitrogens is 2. The summed E-state index contributed by atoms with van der Waals surface area (Å²) in [5.41, 5.74) is 1.78. The lowest BCUT2D eigenvalue weighted by molar-refractivity contribution is -0.116. The summed E-state index contributed by atoms with van der Waals surface area (Å²) in [5.74, 6) is -0.697. The van der Waals surface area contributed by atoms with Crippen molar-refractivity contribution >= 4 is 21.6 Å². The van der Waals surface area contributed by atoms with E-state index in [0.29, 0.717) is 22.6 Å². The highest BCUT2D eigenvalue weighted by molar-refractivity contribution is 7.89. The van der Waals surface area contributed by atoms with Crippen LogP contribution in [-0.2, 0) is 21.2 Å². The number of nitrogens with one attached hydrogen (secondary N) is 3. The number of sulfonamides is 1. The van der Waals surface area contributed by atoms with Gasteiger partial charge in [-0.15, -0.1) is 0 Å². The van der Waals surface area contributed by atoms with E-state index < -0.39 is 15.8 Å². The highest BCUT2D eigenvalue weighted by atomic mass is 32.2. The Morgan fingerprint density at radius 3 is 2.41 bits per heavy atom. The van der Waals surface area contributed by atoms with Crippen LogP contribution >= 0.6 is 0 Å². The second kappa shape index (κ2) is 8.71. The molecule has 10 heteroatoms. The van der Waals surface area contributed by atoms with Gasteiger partial charge in [-0.3, -0.25) is 14.7 Å². The van der Waals surface area contributed by atoms with Crippen molar-refractivity contribution in [2.75, 3.05) is 5.32 Å². The fraction of sp³-hybridized carbons (Fsp3) is 0.273. The van der Waals surface area contributed by atoms with Crippen molar-refractivity contribution in [1.29, 1.82) is 0 Å². The smallest absolute Gasteiger partial charge is 0.274 e. The Morgan fingerprint density at radius 1 is 1.12 bits per heavy atom. The second-order valence-electron chi connectivity index (χ2n) is 7.80. The van der Waals surface area contributed by atoms with Crippen LogP contribution in [0.1, 0.15) is 30.5 Å². The van der Waals surface area contributed by atoms with Crippen molar-refractivity contribution in [2.24, 2.45) is 0 Å². The van der Waals surface area contributed by atoms with Crippen molar-refractivity contribution in [3.8, 4) is 5.69 Å². The van der Waals surface area contributed by atoms with Gasteiger partial charge in [0, 0.05) is 29.4 Å². The van der Waals surface area contributed by atoms with Crippen LogP contribution in [0.25, 0.3) is 5.69 Å². The van der Waals surface area contributed by atoms with Crippen LogP contribution in [0, 0.1) is 12.7 Å². The van der Waals surface area contributed by atoms with Gasteiger partial charge in [0.25, 0.3) is 5.56 Å². The van der Waals surface area contributed by atoms with Crippen LogP contribution in [0.4, 0.5) is 10.1 Å². The number of carbonyl (C=O) groups is 1. The fourth-order valence-electron chi connectivity index (χ4n) is 3.32. The maximum Gasteiger partial charge on any atom is 0.274 e. The number of hydrogen-bond donors (Lipinski definition) is 3. The number of anilines is 1. The van der Waals surface area contributed by atoms with E-state index >= 15 is 0 Å². The molecule has 0 aliphatic heterocycles. The number of rotatable bonds is 8. The van der Waals surface area contributed by atoms with Gasteiger partial charge in [-0.1, -0.05) is 0 Å². The Kier molecular flexibility index (Phi) is 5.98. The van der Waals surface area contributed by atoms with Crippen LogP contribution in [-0.4, -0.2) is 30.1 Å². The Hall–Kier alpha value is -3.24. The lowest BCUT2D eigenvalue weighted by atomic mass is 10.1. The van der Waals surface area contributed by atoms with Crippen LogP contribution in [0.5, 0.6) is 0 Å². The van der Waals surface area contributed by atoms with Gasteiger partial charge < -0.3 is 5.32 Å². The monoisotopic (exact) mass is 458 g/mol. The molecule has 3 N–H and O–H groups in total. The van der Waals surface area contributed by atoms with E-state index in [-0.39, 0.29) is 35.2 Å². The first-order valence-corrected chi connectivity index (χ1v) is 11.7. The number of amides is 1. The van der Waals surface area contributed by atoms with Gasteiger partial charge >= 0.3 is 0 Å². The summed E-state index contributed by atoms with van der Waals surface area (Å²) in [7, 11) is -3.55. The highest BCUT2D eigenvalue weighted by Gasteiger charge is 2.27. The largest absolute Gasteiger partial charge is 0.326 e. The summed E-state index contributed by atoms with van der Waals surface area (Å²) >= 11 is 0. The topological polar surface area (TPSA) is 113 Å². The summed E-state index contributed by atoms with van der Waals surface area (Å²) in [6.45, 7) is 1.74. The number of hydrogen-bond acceptors (Lipinski definition) is 4. The van der Waals surface area contributed by atoms with Crippen LogP contribution in [0.15, 0.2) is 58.2 Å². The zero-order valence-corrected chi connectivity index (χ0v) is 18.2. The minimum Gasteiger partial charge on any atom is -0.326 e. The average Bonchev–Trinajstić information content (AvgIpc) is 3.51. The predicted molar refractivity (Wildman–Crippen MR) is 118 cm³/mol. The van der Waals surface area contributed by atoms with Gasteiger partial charge in [0.15, 0.2) is 0 Å². The first-order chi connectivity index (χ1) is 15.2. The molecule has 1 saturated carbocycles. The van der Waals surface area contributed by atoms with Crippen molar-refractivity contribution in [2.45, 2.75) is 43.5 Å². The SMILES string of the molecule is Cc1[nH]n(-c2ccc(F)cc2)c(=O)c1CCC(=O)Nc1ccc(S(=O)(=O)NC2CC2)cc1. The molecule has 0 saturated heterocycles. The molecular formula is C22H23FN4O4S. The van der Waals surface area contributed by atoms with E-state index in [1.807, 2.05) is 0 Å². The van der Waals surface area contributed by atoms with E-state index in [2.05, 4.69) is 15.1 Å². The predicted octanol–water partition coefficient (Wildman–Crippen LogP) is 2.63. The number of aryl methyl sites for hydroxylation is 1. The number of H-pyrrole nitrogens is 1. The Morgan fingerprint density at radius 2 is 1.78 bits per heavy atom. The molecule has 1 heterocycles. The van der Waals surface area contributed by atoms with Gasteiger partial charge in [0.1, 0.15) is 5.82 Å². The van der Waals surface area contributed by atoms with Crippen molar-refractivity contribution in [3.63, 3.8) is 0 Å². The Bertz CT molecular complexity index is 1290. The maximum atomic E-state index is 13.1. The first kappa shape index (κ1) is 22.0. The summed E-state index contributed by atoms with van der Waals surface area (Å²) in [6.07, 6.45) is 1.99. The van der Waals surface area contributed by atoms with E-state index in [4.69, 9.17) is 0 Å². The van der Waals surface area contributed by atoms with E-state index in [1.165, 1.54) is 53.2 Å². The normalized spacial score (nSPS) is 13.8. The number of halogens is 1. The average molecular weight is 459 g/mol. The fourth-order valence-corrected chi connectivity index (χ4v) is 4.62. The van der Waals surface area contributed by atoms with Gasteiger partial charge in [-0.25, -0.2) is 22.2 Å². The molecule has 168 valence electrons. The van der Waals surface area contributed by atoms with Crippen molar-refractivity contribution < 1.29 is 17.6 Å². The molecule has 3 aromatic rings. The molecule has 1 fully saturated rings.